The molecule has 2 aromatic carbocycles. The van der Waals surface area contributed by atoms with Gasteiger partial charge in [-0.15, -0.1) is 0 Å². The summed E-state index contributed by atoms with van der Waals surface area (Å²) >= 11 is 0. The third kappa shape index (κ3) is 4.69. The minimum Gasteiger partial charge on any atom is -0.352 e. The minimum atomic E-state index is -4.62. The average molecular weight is 419 g/mol. The van der Waals surface area contributed by atoms with Crippen LogP contribution in [0.5, 0.6) is 0 Å². The summed E-state index contributed by atoms with van der Waals surface area (Å²) in [6.45, 7) is 4.20. The number of amides is 1. The Morgan fingerprint density at radius 1 is 1.13 bits per heavy atom. The molecule has 0 aliphatic rings. The summed E-state index contributed by atoms with van der Waals surface area (Å²) in [5, 5.41) is 7.11. The van der Waals surface area contributed by atoms with Crippen LogP contribution in [0.3, 0.4) is 0 Å². The molecule has 30 heavy (non-hydrogen) atoms. The van der Waals surface area contributed by atoms with Crippen LogP contribution in [0.25, 0.3) is 11.3 Å². The van der Waals surface area contributed by atoms with Crippen molar-refractivity contribution >= 4 is 5.91 Å². The van der Waals surface area contributed by atoms with E-state index in [1.165, 1.54) is 0 Å². The largest absolute Gasteiger partial charge is 0.416 e. The fourth-order valence-corrected chi connectivity index (χ4v) is 3.34. The summed E-state index contributed by atoms with van der Waals surface area (Å²) in [7, 11) is 1.72. The molecule has 0 bridgehead atoms. The molecule has 1 aromatic heterocycles. The van der Waals surface area contributed by atoms with Gasteiger partial charge in [0.15, 0.2) is 0 Å². The van der Waals surface area contributed by atoms with Gasteiger partial charge in [0.05, 0.1) is 17.0 Å². The third-order valence-electron chi connectivity index (χ3n) is 4.70. The molecule has 1 heterocycles. The molecule has 8 heteroatoms. The Balaban J connectivity index is 1.89. The molecule has 4 nitrogen and oxygen atoms in total. The highest BCUT2D eigenvalue weighted by atomic mass is 19.4. The van der Waals surface area contributed by atoms with Gasteiger partial charge in [0, 0.05) is 31.1 Å². The first-order valence-corrected chi connectivity index (χ1v) is 9.37. The summed E-state index contributed by atoms with van der Waals surface area (Å²) in [5.74, 6) is -1.09. The van der Waals surface area contributed by atoms with Crippen molar-refractivity contribution < 1.29 is 22.4 Å². The van der Waals surface area contributed by atoms with Gasteiger partial charge in [-0.1, -0.05) is 6.07 Å². The van der Waals surface area contributed by atoms with Crippen LogP contribution >= 0.6 is 0 Å². The molecule has 0 spiro atoms. The number of rotatable bonds is 5. The number of aryl methyl sites for hydroxylation is 2. The zero-order chi connectivity index (χ0) is 22.1. The highest BCUT2D eigenvalue weighted by molar-refractivity contribution is 5.96. The lowest BCUT2D eigenvalue weighted by molar-refractivity contribution is -0.137. The van der Waals surface area contributed by atoms with E-state index in [0.717, 1.165) is 29.0 Å². The SMILES string of the molecule is CCNC(=O)c1ccc(-c2cc(Cc3cc(F)cc(C(F)(F)F)c3)nn2C)cc1C. The summed E-state index contributed by atoms with van der Waals surface area (Å²) < 4.78 is 54.1. The van der Waals surface area contributed by atoms with Crippen molar-refractivity contribution in [3.05, 3.63) is 76.2 Å². The van der Waals surface area contributed by atoms with Crippen molar-refractivity contribution in [2.75, 3.05) is 6.54 Å². The number of aromatic nitrogens is 2. The van der Waals surface area contributed by atoms with Gasteiger partial charge in [-0.2, -0.15) is 18.3 Å². The number of nitrogens with one attached hydrogen (secondary N) is 1. The summed E-state index contributed by atoms with van der Waals surface area (Å²) in [4.78, 5) is 12.1. The first-order valence-electron chi connectivity index (χ1n) is 9.37. The van der Waals surface area contributed by atoms with Crippen molar-refractivity contribution in [1.29, 1.82) is 0 Å². The van der Waals surface area contributed by atoms with E-state index in [9.17, 15) is 22.4 Å². The molecular weight excluding hydrogens is 398 g/mol. The van der Waals surface area contributed by atoms with Crippen LogP contribution in [0.15, 0.2) is 42.5 Å². The van der Waals surface area contributed by atoms with Gasteiger partial charge in [0.1, 0.15) is 5.82 Å². The van der Waals surface area contributed by atoms with E-state index in [4.69, 9.17) is 0 Å². The van der Waals surface area contributed by atoms with Crippen LogP contribution in [0.4, 0.5) is 17.6 Å². The number of hydrogen-bond acceptors (Lipinski definition) is 2. The summed E-state index contributed by atoms with van der Waals surface area (Å²) in [6, 6.07) is 9.62. The number of carbonyl (C=O) groups excluding carboxylic acids is 1. The molecule has 1 amide bonds. The molecule has 158 valence electrons. The molecule has 0 aliphatic carbocycles. The molecule has 0 fully saturated rings. The normalized spacial score (nSPS) is 11.6. The first-order chi connectivity index (χ1) is 14.1. The van der Waals surface area contributed by atoms with Crippen molar-refractivity contribution in [2.45, 2.75) is 26.4 Å². The van der Waals surface area contributed by atoms with Gasteiger partial charge in [-0.25, -0.2) is 4.39 Å². The number of hydrogen-bond donors (Lipinski definition) is 1. The van der Waals surface area contributed by atoms with Crippen molar-refractivity contribution in [3.63, 3.8) is 0 Å². The Morgan fingerprint density at radius 2 is 1.87 bits per heavy atom. The van der Waals surface area contributed by atoms with E-state index in [2.05, 4.69) is 10.4 Å². The first kappa shape index (κ1) is 21.5. The number of carbonyl (C=O) groups is 1. The predicted molar refractivity (Wildman–Crippen MR) is 106 cm³/mol. The Labute approximate surface area is 171 Å². The van der Waals surface area contributed by atoms with E-state index < -0.39 is 17.6 Å². The number of halogens is 4. The molecule has 0 saturated heterocycles. The number of alkyl halides is 3. The molecule has 3 rings (SSSR count). The van der Waals surface area contributed by atoms with Crippen molar-refractivity contribution in [3.8, 4) is 11.3 Å². The predicted octanol–water partition coefficient (Wildman–Crippen LogP) is 4.89. The second kappa shape index (κ2) is 8.30. The Morgan fingerprint density at radius 3 is 2.50 bits per heavy atom. The number of benzene rings is 2. The second-order valence-corrected chi connectivity index (χ2v) is 7.06. The maximum atomic E-state index is 13.7. The van der Waals surface area contributed by atoms with Gasteiger partial charge >= 0.3 is 6.18 Å². The molecule has 0 saturated carbocycles. The van der Waals surface area contributed by atoms with E-state index >= 15 is 0 Å². The molecule has 3 aromatic rings. The van der Waals surface area contributed by atoms with Crippen LogP contribution in [0.1, 0.15) is 39.7 Å². The Kier molecular flexibility index (Phi) is 5.96. The zero-order valence-corrected chi connectivity index (χ0v) is 16.8. The lowest BCUT2D eigenvalue weighted by Gasteiger charge is -2.09. The molecule has 0 atom stereocenters. The fourth-order valence-electron chi connectivity index (χ4n) is 3.34. The van der Waals surface area contributed by atoms with Gasteiger partial charge in [-0.05, 0) is 61.4 Å². The van der Waals surface area contributed by atoms with Crippen LogP contribution in [0.2, 0.25) is 0 Å². The van der Waals surface area contributed by atoms with Gasteiger partial charge in [0.25, 0.3) is 5.91 Å². The van der Waals surface area contributed by atoms with E-state index in [-0.39, 0.29) is 17.9 Å². The minimum absolute atomic E-state index is 0.0602. The van der Waals surface area contributed by atoms with Crippen LogP contribution in [-0.4, -0.2) is 22.2 Å². The lowest BCUT2D eigenvalue weighted by atomic mass is 10.0. The van der Waals surface area contributed by atoms with E-state index in [1.54, 1.807) is 29.9 Å². The fraction of sp³-hybridized carbons (Fsp3) is 0.273. The van der Waals surface area contributed by atoms with E-state index in [1.807, 2.05) is 19.9 Å². The lowest BCUT2D eigenvalue weighted by Crippen LogP contribution is -2.23. The monoisotopic (exact) mass is 419 g/mol. The van der Waals surface area contributed by atoms with E-state index in [0.29, 0.717) is 23.9 Å². The highest BCUT2D eigenvalue weighted by Crippen LogP contribution is 2.31. The number of nitrogens with zero attached hydrogens (tertiary/aromatic N) is 2. The van der Waals surface area contributed by atoms with Gasteiger partial charge in [-0.3, -0.25) is 9.48 Å². The topological polar surface area (TPSA) is 46.9 Å². The van der Waals surface area contributed by atoms with Gasteiger partial charge in [0.2, 0.25) is 0 Å². The quantitative estimate of drug-likeness (QED) is 0.599. The molecular formula is C22H21F4N3O. The van der Waals surface area contributed by atoms with Gasteiger partial charge < -0.3 is 5.32 Å². The maximum absolute atomic E-state index is 13.7. The summed E-state index contributed by atoms with van der Waals surface area (Å²) in [6.07, 6.45) is -4.56. The molecule has 0 aliphatic heterocycles. The van der Waals surface area contributed by atoms with Crippen LogP contribution in [0, 0.1) is 12.7 Å². The zero-order valence-electron chi connectivity index (χ0n) is 16.8. The summed E-state index contributed by atoms with van der Waals surface area (Å²) in [5.41, 5.74) is 2.60. The molecule has 0 radical (unpaired) electrons. The van der Waals surface area contributed by atoms with Crippen LogP contribution < -0.4 is 5.32 Å². The van der Waals surface area contributed by atoms with Crippen LogP contribution in [-0.2, 0) is 19.6 Å². The third-order valence-corrected chi connectivity index (χ3v) is 4.70. The highest BCUT2D eigenvalue weighted by Gasteiger charge is 2.31. The van der Waals surface area contributed by atoms with Crippen molar-refractivity contribution in [2.24, 2.45) is 7.05 Å². The Hall–Kier alpha value is -3.16. The average Bonchev–Trinajstić information content (AvgIpc) is 3.00. The maximum Gasteiger partial charge on any atom is 0.416 e. The molecule has 1 N–H and O–H groups in total. The smallest absolute Gasteiger partial charge is 0.352 e. The molecule has 0 unspecified atom stereocenters. The van der Waals surface area contributed by atoms with Crippen molar-refractivity contribution in [1.82, 2.24) is 15.1 Å². The Bertz CT molecular complexity index is 1090. The standard InChI is InChI=1S/C22H21F4N3O/c1-4-27-21(30)19-6-5-15(7-13(19)2)20-12-18(28-29(20)3)10-14-8-16(22(24,25)26)11-17(23)9-14/h5-9,11-12H,4,10H2,1-3H3,(H,27,30). The second-order valence-electron chi connectivity index (χ2n) is 7.06.